The highest BCUT2D eigenvalue weighted by atomic mass is 16.6. The van der Waals surface area contributed by atoms with Gasteiger partial charge in [0.05, 0.1) is 4.92 Å². The molecule has 4 nitrogen and oxygen atoms in total. The second-order valence-corrected chi connectivity index (χ2v) is 5.25. The third-order valence-electron chi connectivity index (χ3n) is 3.38. The Labute approximate surface area is 115 Å². The molecule has 0 aliphatic heterocycles. The van der Waals surface area contributed by atoms with Crippen LogP contribution < -0.4 is 5.32 Å². The Morgan fingerprint density at radius 1 is 1.26 bits per heavy atom. The summed E-state index contributed by atoms with van der Waals surface area (Å²) in [6, 6.07) is 3.87. The Hall–Kier alpha value is -1.58. The molecule has 1 N–H and O–H groups in total. The van der Waals surface area contributed by atoms with Gasteiger partial charge < -0.3 is 5.32 Å². The zero-order valence-corrected chi connectivity index (χ0v) is 12.3. The molecular weight excluding hydrogens is 240 g/mol. The third kappa shape index (κ3) is 4.54. The normalized spacial score (nSPS) is 12.2. The van der Waals surface area contributed by atoms with Crippen LogP contribution in [0.15, 0.2) is 12.1 Å². The van der Waals surface area contributed by atoms with Crippen LogP contribution in [0, 0.1) is 24.0 Å². The van der Waals surface area contributed by atoms with E-state index in [1.165, 1.54) is 19.3 Å². The quantitative estimate of drug-likeness (QED) is 0.445. The number of unbranched alkanes of at least 4 members (excludes halogenated alkanes) is 2. The standard InChI is InChI=1S/C15H24N2O2/c1-5-6-7-8-13(4)16-14-10-15(17(18)19)12(3)9-11(14)2/h9-10,13,16H,5-8H2,1-4H3. The maximum Gasteiger partial charge on any atom is 0.274 e. The van der Waals surface area contributed by atoms with Crippen LogP contribution in [0.4, 0.5) is 11.4 Å². The molecule has 0 amide bonds. The van der Waals surface area contributed by atoms with E-state index >= 15 is 0 Å². The van der Waals surface area contributed by atoms with E-state index in [2.05, 4.69) is 19.2 Å². The summed E-state index contributed by atoms with van der Waals surface area (Å²) >= 11 is 0. The van der Waals surface area contributed by atoms with E-state index < -0.39 is 0 Å². The van der Waals surface area contributed by atoms with Crippen LogP contribution in [0.25, 0.3) is 0 Å². The fourth-order valence-corrected chi connectivity index (χ4v) is 2.23. The first-order valence-corrected chi connectivity index (χ1v) is 6.97. The van der Waals surface area contributed by atoms with Crippen LogP contribution in [0.3, 0.4) is 0 Å². The molecule has 106 valence electrons. The number of nitro benzene ring substituents is 1. The van der Waals surface area contributed by atoms with Gasteiger partial charge in [0, 0.05) is 23.4 Å². The predicted octanol–water partition coefficient (Wildman–Crippen LogP) is 4.59. The van der Waals surface area contributed by atoms with E-state index in [0.29, 0.717) is 11.6 Å². The number of hydrogen-bond acceptors (Lipinski definition) is 3. The van der Waals surface area contributed by atoms with Gasteiger partial charge in [-0.05, 0) is 38.8 Å². The molecule has 19 heavy (non-hydrogen) atoms. The van der Waals surface area contributed by atoms with Crippen LogP contribution in [0.5, 0.6) is 0 Å². The van der Waals surface area contributed by atoms with Crippen LogP contribution in [0.1, 0.15) is 50.7 Å². The lowest BCUT2D eigenvalue weighted by molar-refractivity contribution is -0.385. The largest absolute Gasteiger partial charge is 0.382 e. The second-order valence-electron chi connectivity index (χ2n) is 5.25. The summed E-state index contributed by atoms with van der Waals surface area (Å²) in [5.74, 6) is 0. The van der Waals surface area contributed by atoms with Crippen molar-refractivity contribution in [2.24, 2.45) is 0 Å². The molecule has 1 atom stereocenters. The summed E-state index contributed by atoms with van der Waals surface area (Å²) < 4.78 is 0. The lowest BCUT2D eigenvalue weighted by Crippen LogP contribution is -2.16. The van der Waals surface area contributed by atoms with Crippen molar-refractivity contribution in [2.75, 3.05) is 5.32 Å². The predicted molar refractivity (Wildman–Crippen MR) is 79.8 cm³/mol. The first kappa shape index (κ1) is 15.5. The summed E-state index contributed by atoms with van der Waals surface area (Å²) in [7, 11) is 0. The molecule has 4 heteroatoms. The number of anilines is 1. The van der Waals surface area contributed by atoms with Crippen molar-refractivity contribution in [3.63, 3.8) is 0 Å². The summed E-state index contributed by atoms with van der Waals surface area (Å²) in [5.41, 5.74) is 2.84. The van der Waals surface area contributed by atoms with E-state index in [-0.39, 0.29) is 10.6 Å². The van der Waals surface area contributed by atoms with Gasteiger partial charge in [0.25, 0.3) is 5.69 Å². The SMILES string of the molecule is CCCCCC(C)Nc1cc([N+](=O)[O-])c(C)cc1C. The van der Waals surface area contributed by atoms with Crippen LogP contribution in [-0.2, 0) is 0 Å². The molecule has 0 spiro atoms. The van der Waals surface area contributed by atoms with Gasteiger partial charge in [-0.1, -0.05) is 26.2 Å². The zero-order valence-electron chi connectivity index (χ0n) is 12.3. The highest BCUT2D eigenvalue weighted by Crippen LogP contribution is 2.27. The van der Waals surface area contributed by atoms with Crippen LogP contribution in [0.2, 0.25) is 0 Å². The summed E-state index contributed by atoms with van der Waals surface area (Å²) in [6.07, 6.45) is 4.73. The fraction of sp³-hybridized carbons (Fsp3) is 0.600. The number of nitro groups is 1. The molecule has 0 radical (unpaired) electrons. The van der Waals surface area contributed by atoms with Gasteiger partial charge in [0.15, 0.2) is 0 Å². The van der Waals surface area contributed by atoms with E-state index in [4.69, 9.17) is 0 Å². The van der Waals surface area contributed by atoms with Crippen molar-refractivity contribution in [1.29, 1.82) is 0 Å². The van der Waals surface area contributed by atoms with Gasteiger partial charge >= 0.3 is 0 Å². The first-order valence-electron chi connectivity index (χ1n) is 6.97. The Kier molecular flexibility index (Phi) is 5.80. The first-order chi connectivity index (χ1) is 8.95. The minimum atomic E-state index is -0.318. The lowest BCUT2D eigenvalue weighted by atomic mass is 10.1. The molecule has 0 bridgehead atoms. The number of nitrogens with one attached hydrogen (secondary N) is 1. The molecule has 0 heterocycles. The van der Waals surface area contributed by atoms with Crippen molar-refractivity contribution in [2.45, 2.75) is 59.4 Å². The molecule has 0 fully saturated rings. The average molecular weight is 264 g/mol. The number of aryl methyl sites for hydroxylation is 2. The van der Waals surface area contributed by atoms with E-state index in [0.717, 1.165) is 17.7 Å². The summed E-state index contributed by atoms with van der Waals surface area (Å²) in [6.45, 7) is 8.07. The minimum absolute atomic E-state index is 0.189. The number of hydrogen-bond donors (Lipinski definition) is 1. The van der Waals surface area contributed by atoms with E-state index in [1.54, 1.807) is 13.0 Å². The summed E-state index contributed by atoms with van der Waals surface area (Å²) in [5, 5.41) is 14.3. The number of benzene rings is 1. The maximum atomic E-state index is 11.0. The van der Waals surface area contributed by atoms with Gasteiger partial charge in [-0.3, -0.25) is 10.1 Å². The van der Waals surface area contributed by atoms with Crippen LogP contribution >= 0.6 is 0 Å². The third-order valence-corrected chi connectivity index (χ3v) is 3.38. The van der Waals surface area contributed by atoms with E-state index in [9.17, 15) is 10.1 Å². The van der Waals surface area contributed by atoms with Gasteiger partial charge in [-0.25, -0.2) is 0 Å². The number of rotatable bonds is 7. The Bertz CT molecular complexity index is 444. The minimum Gasteiger partial charge on any atom is -0.382 e. The highest BCUT2D eigenvalue weighted by Gasteiger charge is 2.14. The molecule has 0 saturated heterocycles. The highest BCUT2D eigenvalue weighted by molar-refractivity contribution is 5.60. The van der Waals surface area contributed by atoms with Gasteiger partial charge in [0.2, 0.25) is 0 Å². The molecule has 1 aromatic carbocycles. The van der Waals surface area contributed by atoms with Gasteiger partial charge in [0.1, 0.15) is 0 Å². The Morgan fingerprint density at radius 3 is 2.53 bits per heavy atom. The van der Waals surface area contributed by atoms with Gasteiger partial charge in [-0.2, -0.15) is 0 Å². The molecule has 1 unspecified atom stereocenters. The van der Waals surface area contributed by atoms with Crippen molar-refractivity contribution in [3.05, 3.63) is 33.4 Å². The van der Waals surface area contributed by atoms with Crippen LogP contribution in [-0.4, -0.2) is 11.0 Å². The van der Waals surface area contributed by atoms with E-state index in [1.807, 2.05) is 13.0 Å². The summed E-state index contributed by atoms with van der Waals surface area (Å²) in [4.78, 5) is 10.6. The average Bonchev–Trinajstić information content (AvgIpc) is 2.32. The molecule has 0 aromatic heterocycles. The monoisotopic (exact) mass is 264 g/mol. The smallest absolute Gasteiger partial charge is 0.274 e. The fourth-order valence-electron chi connectivity index (χ4n) is 2.23. The Morgan fingerprint density at radius 2 is 1.95 bits per heavy atom. The van der Waals surface area contributed by atoms with Crippen molar-refractivity contribution >= 4 is 11.4 Å². The van der Waals surface area contributed by atoms with Crippen molar-refractivity contribution in [3.8, 4) is 0 Å². The lowest BCUT2D eigenvalue weighted by Gasteiger charge is -2.17. The maximum absolute atomic E-state index is 11.0. The Balaban J connectivity index is 2.77. The molecule has 0 aliphatic carbocycles. The van der Waals surface area contributed by atoms with Crippen molar-refractivity contribution in [1.82, 2.24) is 0 Å². The number of nitrogens with zero attached hydrogens (tertiary/aromatic N) is 1. The molecule has 1 aromatic rings. The zero-order chi connectivity index (χ0) is 14.4. The molecule has 0 aliphatic rings. The van der Waals surface area contributed by atoms with Gasteiger partial charge in [-0.15, -0.1) is 0 Å². The molecular formula is C15H24N2O2. The second kappa shape index (κ2) is 7.12. The topological polar surface area (TPSA) is 55.2 Å². The molecule has 0 saturated carbocycles. The molecule has 1 rings (SSSR count). The van der Waals surface area contributed by atoms with Crippen molar-refractivity contribution < 1.29 is 4.92 Å².